The zero-order chi connectivity index (χ0) is 21.9. The number of carbonyl (C=O) groups excluding carboxylic acids is 1. The Morgan fingerprint density at radius 1 is 0.900 bits per heavy atom. The van der Waals surface area contributed by atoms with E-state index in [0.717, 1.165) is 16.9 Å². The molecule has 0 atom stereocenters. The fraction of sp³-hybridized carbons (Fsp3) is 0.458. The number of rotatable bonds is 12. The number of ether oxygens (including phenoxy) is 4. The predicted octanol–water partition coefficient (Wildman–Crippen LogP) is 4.53. The van der Waals surface area contributed by atoms with E-state index in [0.29, 0.717) is 49.8 Å². The maximum Gasteiger partial charge on any atom is 0.220 e. The Kier molecular flexibility index (Phi) is 9.32. The first-order valence-corrected chi connectivity index (χ1v) is 10.5. The van der Waals surface area contributed by atoms with Gasteiger partial charge < -0.3 is 24.3 Å². The summed E-state index contributed by atoms with van der Waals surface area (Å²) in [4.78, 5) is 12.3. The first-order chi connectivity index (χ1) is 14.5. The van der Waals surface area contributed by atoms with Crippen molar-refractivity contribution >= 4 is 5.91 Å². The SMILES string of the molecule is CCOc1ccc(CCC(=O)NCc2ccc(OC(C)C)c(OC)c2)cc1OCC. The molecule has 0 saturated heterocycles. The van der Waals surface area contributed by atoms with Gasteiger partial charge in [-0.25, -0.2) is 0 Å². The minimum absolute atomic E-state index is 0.0108. The van der Waals surface area contributed by atoms with Crippen molar-refractivity contribution in [2.24, 2.45) is 0 Å². The molecule has 6 heteroatoms. The Balaban J connectivity index is 1.90. The van der Waals surface area contributed by atoms with E-state index >= 15 is 0 Å². The standard InChI is InChI=1S/C24H33NO5/c1-6-28-20-11-8-18(14-23(20)29-7-2)10-13-24(26)25-16-19-9-12-21(30-17(3)4)22(15-19)27-5/h8-9,11-12,14-15,17H,6-7,10,13,16H2,1-5H3,(H,25,26). The summed E-state index contributed by atoms with van der Waals surface area (Å²) in [6.07, 6.45) is 1.09. The van der Waals surface area contributed by atoms with Crippen molar-refractivity contribution in [3.8, 4) is 23.0 Å². The van der Waals surface area contributed by atoms with Crippen LogP contribution in [0.5, 0.6) is 23.0 Å². The first-order valence-electron chi connectivity index (χ1n) is 10.5. The fourth-order valence-corrected chi connectivity index (χ4v) is 2.97. The van der Waals surface area contributed by atoms with Crippen LogP contribution in [0.2, 0.25) is 0 Å². The first kappa shape index (κ1) is 23.4. The Hall–Kier alpha value is -2.89. The Bertz CT molecular complexity index is 819. The summed E-state index contributed by atoms with van der Waals surface area (Å²) in [6.45, 7) is 9.39. The lowest BCUT2D eigenvalue weighted by molar-refractivity contribution is -0.121. The second kappa shape index (κ2) is 12.0. The molecule has 0 aliphatic rings. The van der Waals surface area contributed by atoms with Crippen molar-refractivity contribution in [1.82, 2.24) is 5.32 Å². The van der Waals surface area contributed by atoms with Crippen molar-refractivity contribution < 1.29 is 23.7 Å². The van der Waals surface area contributed by atoms with Crippen LogP contribution in [-0.2, 0) is 17.8 Å². The van der Waals surface area contributed by atoms with Gasteiger partial charge in [0.1, 0.15) is 0 Å². The molecule has 0 aliphatic heterocycles. The monoisotopic (exact) mass is 415 g/mol. The van der Waals surface area contributed by atoms with Gasteiger partial charge in [0.25, 0.3) is 0 Å². The molecule has 0 radical (unpaired) electrons. The van der Waals surface area contributed by atoms with Crippen LogP contribution < -0.4 is 24.3 Å². The lowest BCUT2D eigenvalue weighted by Gasteiger charge is -2.15. The molecule has 0 unspecified atom stereocenters. The molecule has 2 rings (SSSR count). The highest BCUT2D eigenvalue weighted by Crippen LogP contribution is 2.30. The quantitative estimate of drug-likeness (QED) is 0.552. The molecule has 0 spiro atoms. The highest BCUT2D eigenvalue weighted by molar-refractivity contribution is 5.76. The zero-order valence-electron chi connectivity index (χ0n) is 18.6. The Morgan fingerprint density at radius 3 is 2.20 bits per heavy atom. The third kappa shape index (κ3) is 7.17. The topological polar surface area (TPSA) is 66.0 Å². The molecule has 0 heterocycles. The van der Waals surface area contributed by atoms with Gasteiger partial charge in [0, 0.05) is 13.0 Å². The summed E-state index contributed by atoms with van der Waals surface area (Å²) in [5.41, 5.74) is 1.99. The van der Waals surface area contributed by atoms with Gasteiger partial charge in [-0.3, -0.25) is 4.79 Å². The summed E-state index contributed by atoms with van der Waals surface area (Å²) >= 11 is 0. The second-order valence-corrected chi connectivity index (χ2v) is 7.08. The predicted molar refractivity (Wildman–Crippen MR) is 118 cm³/mol. The third-order valence-electron chi connectivity index (χ3n) is 4.33. The molecule has 2 aromatic carbocycles. The van der Waals surface area contributed by atoms with Crippen LogP contribution in [0.15, 0.2) is 36.4 Å². The van der Waals surface area contributed by atoms with Gasteiger partial charge >= 0.3 is 0 Å². The van der Waals surface area contributed by atoms with Crippen LogP contribution in [0.25, 0.3) is 0 Å². The van der Waals surface area contributed by atoms with E-state index < -0.39 is 0 Å². The Labute approximate surface area is 179 Å². The van der Waals surface area contributed by atoms with Crippen LogP contribution in [0, 0.1) is 0 Å². The molecule has 0 fully saturated rings. The van der Waals surface area contributed by atoms with Gasteiger partial charge in [-0.1, -0.05) is 12.1 Å². The molecule has 0 aromatic heterocycles. The van der Waals surface area contributed by atoms with E-state index in [1.807, 2.05) is 64.1 Å². The third-order valence-corrected chi connectivity index (χ3v) is 4.33. The number of amides is 1. The molecule has 2 aromatic rings. The average Bonchev–Trinajstić information content (AvgIpc) is 2.73. The number of carbonyl (C=O) groups is 1. The molecule has 30 heavy (non-hydrogen) atoms. The normalized spacial score (nSPS) is 10.6. The molecule has 1 amide bonds. The van der Waals surface area contributed by atoms with Crippen molar-refractivity contribution in [3.05, 3.63) is 47.5 Å². The molecular weight excluding hydrogens is 382 g/mol. The molecular formula is C24H33NO5. The average molecular weight is 416 g/mol. The maximum atomic E-state index is 12.3. The highest BCUT2D eigenvalue weighted by Gasteiger charge is 2.10. The molecule has 0 saturated carbocycles. The lowest BCUT2D eigenvalue weighted by Crippen LogP contribution is -2.23. The summed E-state index contributed by atoms with van der Waals surface area (Å²) in [6, 6.07) is 11.5. The Morgan fingerprint density at radius 2 is 1.53 bits per heavy atom. The van der Waals surface area contributed by atoms with Crippen molar-refractivity contribution in [1.29, 1.82) is 0 Å². The lowest BCUT2D eigenvalue weighted by atomic mass is 10.1. The van der Waals surface area contributed by atoms with Crippen LogP contribution >= 0.6 is 0 Å². The van der Waals surface area contributed by atoms with E-state index in [4.69, 9.17) is 18.9 Å². The number of methoxy groups -OCH3 is 1. The van der Waals surface area contributed by atoms with Crippen LogP contribution in [0.3, 0.4) is 0 Å². The molecule has 164 valence electrons. The highest BCUT2D eigenvalue weighted by atomic mass is 16.5. The molecule has 0 bridgehead atoms. The summed E-state index contributed by atoms with van der Waals surface area (Å²) in [5, 5.41) is 2.96. The number of benzene rings is 2. The number of aryl methyl sites for hydroxylation is 1. The van der Waals surface area contributed by atoms with Crippen LogP contribution in [0.4, 0.5) is 0 Å². The van der Waals surface area contributed by atoms with Crippen molar-refractivity contribution in [3.63, 3.8) is 0 Å². The van der Waals surface area contributed by atoms with Crippen molar-refractivity contribution in [2.45, 2.75) is 53.2 Å². The zero-order valence-corrected chi connectivity index (χ0v) is 18.6. The van der Waals surface area contributed by atoms with E-state index in [1.165, 1.54) is 0 Å². The smallest absolute Gasteiger partial charge is 0.220 e. The van der Waals surface area contributed by atoms with Crippen molar-refractivity contribution in [2.75, 3.05) is 20.3 Å². The number of hydrogen-bond donors (Lipinski definition) is 1. The van der Waals surface area contributed by atoms with Crippen LogP contribution in [-0.4, -0.2) is 32.3 Å². The van der Waals surface area contributed by atoms with E-state index in [9.17, 15) is 4.79 Å². The second-order valence-electron chi connectivity index (χ2n) is 7.08. The van der Waals surface area contributed by atoms with Crippen LogP contribution in [0.1, 0.15) is 45.2 Å². The fourth-order valence-electron chi connectivity index (χ4n) is 2.97. The van der Waals surface area contributed by atoms with E-state index in [1.54, 1.807) is 7.11 Å². The van der Waals surface area contributed by atoms with E-state index in [2.05, 4.69) is 5.32 Å². The number of hydrogen-bond acceptors (Lipinski definition) is 5. The largest absolute Gasteiger partial charge is 0.493 e. The molecule has 0 aliphatic carbocycles. The van der Waals surface area contributed by atoms with Gasteiger partial charge in [-0.05, 0) is 69.5 Å². The summed E-state index contributed by atoms with van der Waals surface area (Å²) < 4.78 is 22.4. The minimum Gasteiger partial charge on any atom is -0.493 e. The van der Waals surface area contributed by atoms with Gasteiger partial charge in [-0.15, -0.1) is 0 Å². The van der Waals surface area contributed by atoms with Gasteiger partial charge in [0.15, 0.2) is 23.0 Å². The summed E-state index contributed by atoms with van der Waals surface area (Å²) in [5.74, 6) is 2.79. The van der Waals surface area contributed by atoms with E-state index in [-0.39, 0.29) is 12.0 Å². The number of nitrogens with one attached hydrogen (secondary N) is 1. The minimum atomic E-state index is -0.0108. The van der Waals surface area contributed by atoms with Gasteiger partial charge in [0.2, 0.25) is 5.91 Å². The van der Waals surface area contributed by atoms with Gasteiger partial charge in [-0.2, -0.15) is 0 Å². The maximum absolute atomic E-state index is 12.3. The summed E-state index contributed by atoms with van der Waals surface area (Å²) in [7, 11) is 1.61. The molecule has 6 nitrogen and oxygen atoms in total. The molecule has 1 N–H and O–H groups in total. The van der Waals surface area contributed by atoms with Gasteiger partial charge in [0.05, 0.1) is 26.4 Å².